The Labute approximate surface area is 164 Å². The van der Waals surface area contributed by atoms with E-state index in [1.54, 1.807) is 40.0 Å². The highest BCUT2D eigenvalue weighted by Crippen LogP contribution is 2.27. The summed E-state index contributed by atoms with van der Waals surface area (Å²) < 4.78 is 7.96. The first-order valence-electron chi connectivity index (χ1n) is 8.07. The number of nitrogens with zero attached hydrogens (tertiary/aromatic N) is 5. The van der Waals surface area contributed by atoms with E-state index in [-0.39, 0.29) is 15.8 Å². The summed E-state index contributed by atoms with van der Waals surface area (Å²) in [6.45, 7) is 6.87. The van der Waals surface area contributed by atoms with E-state index in [0.717, 1.165) is 0 Å². The van der Waals surface area contributed by atoms with Crippen molar-refractivity contribution in [1.29, 1.82) is 0 Å². The summed E-state index contributed by atoms with van der Waals surface area (Å²) in [7, 11) is 0. The maximum absolute atomic E-state index is 12.8. The van der Waals surface area contributed by atoms with Crippen LogP contribution in [0.25, 0.3) is 16.8 Å². The number of ether oxygens (including phenoxy) is 1. The van der Waals surface area contributed by atoms with Crippen LogP contribution in [0.2, 0.25) is 10.3 Å². The molecule has 3 aromatic heterocycles. The molecule has 0 saturated carbocycles. The van der Waals surface area contributed by atoms with E-state index in [1.807, 2.05) is 0 Å². The zero-order valence-corrected chi connectivity index (χ0v) is 16.6. The van der Waals surface area contributed by atoms with Gasteiger partial charge in [0, 0.05) is 11.8 Å². The number of esters is 1. The van der Waals surface area contributed by atoms with Crippen molar-refractivity contribution in [1.82, 2.24) is 24.1 Å². The van der Waals surface area contributed by atoms with Gasteiger partial charge >= 0.3 is 5.97 Å². The van der Waals surface area contributed by atoms with Gasteiger partial charge in [-0.15, -0.1) is 0 Å². The van der Waals surface area contributed by atoms with Crippen molar-refractivity contribution >= 4 is 34.7 Å². The molecule has 1 unspecified atom stereocenters. The van der Waals surface area contributed by atoms with Gasteiger partial charge in [0.2, 0.25) is 5.28 Å². The van der Waals surface area contributed by atoms with E-state index < -0.39 is 23.2 Å². The number of hydrogen-bond donors (Lipinski definition) is 0. The number of carbonyl (C=O) groups is 1. The molecule has 0 aliphatic rings. The fraction of sp³-hybridized carbons (Fsp3) is 0.353. The molecule has 8 nitrogen and oxygen atoms in total. The summed E-state index contributed by atoms with van der Waals surface area (Å²) in [4.78, 5) is 33.0. The second-order valence-electron chi connectivity index (χ2n) is 6.95. The van der Waals surface area contributed by atoms with Gasteiger partial charge in [0.15, 0.2) is 0 Å². The van der Waals surface area contributed by atoms with Crippen molar-refractivity contribution < 1.29 is 9.53 Å². The summed E-state index contributed by atoms with van der Waals surface area (Å²) >= 11 is 12.0. The van der Waals surface area contributed by atoms with Crippen molar-refractivity contribution in [2.24, 2.45) is 0 Å². The topological polar surface area (TPSA) is 91.4 Å². The first kappa shape index (κ1) is 19.3. The molecule has 0 aliphatic carbocycles. The van der Waals surface area contributed by atoms with Crippen LogP contribution in [0.15, 0.2) is 29.6 Å². The Kier molecular flexibility index (Phi) is 4.96. The quantitative estimate of drug-likeness (QED) is 0.487. The predicted octanol–water partition coefficient (Wildman–Crippen LogP) is 3.16. The second-order valence-corrected chi connectivity index (χ2v) is 7.69. The van der Waals surface area contributed by atoms with Gasteiger partial charge in [-0.3, -0.25) is 9.36 Å². The van der Waals surface area contributed by atoms with Crippen LogP contribution in [0.1, 0.15) is 33.7 Å². The Morgan fingerprint density at radius 2 is 2.00 bits per heavy atom. The molecular weight excluding hydrogens is 393 g/mol. The molecule has 0 N–H and O–H groups in total. The van der Waals surface area contributed by atoms with Crippen LogP contribution < -0.4 is 5.56 Å². The van der Waals surface area contributed by atoms with Crippen LogP contribution >= 0.6 is 23.2 Å². The smallest absolute Gasteiger partial charge is 0.329 e. The molecular formula is C17H17Cl2N5O3. The van der Waals surface area contributed by atoms with E-state index in [9.17, 15) is 9.59 Å². The molecule has 3 aromatic rings. The lowest BCUT2D eigenvalue weighted by Crippen LogP contribution is -2.34. The predicted molar refractivity (Wildman–Crippen MR) is 101 cm³/mol. The molecule has 0 fully saturated rings. The zero-order chi connectivity index (χ0) is 19.9. The number of hydrogen-bond acceptors (Lipinski definition) is 6. The minimum atomic E-state index is -0.829. The van der Waals surface area contributed by atoms with Gasteiger partial charge in [-0.1, -0.05) is 11.6 Å². The van der Waals surface area contributed by atoms with Crippen molar-refractivity contribution in [2.75, 3.05) is 0 Å². The summed E-state index contributed by atoms with van der Waals surface area (Å²) in [6.07, 6.45) is 4.27. The highest BCUT2D eigenvalue weighted by atomic mass is 35.5. The van der Waals surface area contributed by atoms with Crippen molar-refractivity contribution in [3.63, 3.8) is 0 Å². The standard InChI is InChI=1S/C17H17Cl2N5O3/c1-9(15(26)27-17(2,3)4)23-8-21-24-7-10(5-12(24)14(23)25)13-11(18)6-20-16(19)22-13/h5-9H,1-4H3. The molecule has 27 heavy (non-hydrogen) atoms. The fourth-order valence-corrected chi connectivity index (χ4v) is 2.79. The van der Waals surface area contributed by atoms with Crippen LogP contribution in [0.5, 0.6) is 0 Å². The molecule has 0 radical (unpaired) electrons. The molecule has 0 saturated heterocycles. The van der Waals surface area contributed by atoms with Gasteiger partial charge in [0.05, 0.1) is 16.9 Å². The maximum Gasteiger partial charge on any atom is 0.329 e. The number of aromatic nitrogens is 5. The van der Waals surface area contributed by atoms with Gasteiger partial charge in [0.25, 0.3) is 5.56 Å². The Morgan fingerprint density at radius 3 is 2.67 bits per heavy atom. The van der Waals surface area contributed by atoms with Crippen LogP contribution in [0.3, 0.4) is 0 Å². The van der Waals surface area contributed by atoms with E-state index in [2.05, 4.69) is 15.1 Å². The average molecular weight is 410 g/mol. The van der Waals surface area contributed by atoms with E-state index in [0.29, 0.717) is 11.3 Å². The minimum absolute atomic E-state index is 0.0357. The first-order valence-corrected chi connectivity index (χ1v) is 8.83. The molecule has 0 spiro atoms. The van der Waals surface area contributed by atoms with E-state index in [4.69, 9.17) is 27.9 Å². The number of fused-ring (bicyclic) bond motifs is 1. The molecule has 3 heterocycles. The molecule has 1 atom stereocenters. The molecule has 0 bridgehead atoms. The molecule has 3 rings (SSSR count). The van der Waals surface area contributed by atoms with Gasteiger partial charge in [0.1, 0.15) is 23.5 Å². The lowest BCUT2D eigenvalue weighted by atomic mass is 10.2. The third-order valence-corrected chi connectivity index (χ3v) is 4.17. The van der Waals surface area contributed by atoms with E-state index in [1.165, 1.54) is 21.6 Å². The Morgan fingerprint density at radius 1 is 1.30 bits per heavy atom. The second kappa shape index (κ2) is 6.94. The maximum atomic E-state index is 12.8. The largest absolute Gasteiger partial charge is 0.458 e. The highest BCUT2D eigenvalue weighted by Gasteiger charge is 2.24. The van der Waals surface area contributed by atoms with Crippen LogP contribution in [-0.4, -0.2) is 35.7 Å². The fourth-order valence-electron chi connectivity index (χ4n) is 2.46. The molecule has 10 heteroatoms. The molecule has 0 amide bonds. The summed E-state index contributed by atoms with van der Waals surface area (Å²) in [6, 6.07) is 0.753. The number of carbonyl (C=O) groups excluding carboxylic acids is 1. The van der Waals surface area contributed by atoms with Gasteiger partial charge in [-0.25, -0.2) is 19.3 Å². The van der Waals surface area contributed by atoms with Crippen molar-refractivity contribution in [3.05, 3.63) is 45.4 Å². The monoisotopic (exact) mass is 409 g/mol. The normalized spacial score (nSPS) is 13.0. The average Bonchev–Trinajstić information content (AvgIpc) is 3.00. The third-order valence-electron chi connectivity index (χ3n) is 3.71. The zero-order valence-electron chi connectivity index (χ0n) is 15.1. The molecule has 0 aliphatic heterocycles. The lowest BCUT2D eigenvalue weighted by molar-refractivity contribution is -0.158. The lowest BCUT2D eigenvalue weighted by Gasteiger charge is -2.22. The van der Waals surface area contributed by atoms with Gasteiger partial charge < -0.3 is 4.74 Å². The number of halogens is 2. The Hall–Kier alpha value is -2.45. The molecule has 0 aromatic carbocycles. The third kappa shape index (κ3) is 3.96. The van der Waals surface area contributed by atoms with Crippen molar-refractivity contribution in [3.8, 4) is 11.3 Å². The van der Waals surface area contributed by atoms with Crippen molar-refractivity contribution in [2.45, 2.75) is 39.3 Å². The van der Waals surface area contributed by atoms with Gasteiger partial charge in [-0.05, 0) is 45.4 Å². The summed E-state index contributed by atoms with van der Waals surface area (Å²) in [5.74, 6) is -0.520. The summed E-state index contributed by atoms with van der Waals surface area (Å²) in [5, 5.41) is 4.52. The van der Waals surface area contributed by atoms with Crippen LogP contribution in [-0.2, 0) is 9.53 Å². The first-order chi connectivity index (χ1) is 12.6. The Bertz CT molecular complexity index is 1080. The number of rotatable bonds is 3. The summed E-state index contributed by atoms with van der Waals surface area (Å²) in [5.41, 5.74) is 0.141. The van der Waals surface area contributed by atoms with Gasteiger partial charge in [-0.2, -0.15) is 5.10 Å². The van der Waals surface area contributed by atoms with Crippen LogP contribution in [0.4, 0.5) is 0 Å². The Balaban J connectivity index is 2.04. The minimum Gasteiger partial charge on any atom is -0.458 e. The van der Waals surface area contributed by atoms with Crippen LogP contribution in [0, 0.1) is 0 Å². The van der Waals surface area contributed by atoms with E-state index >= 15 is 0 Å². The molecule has 142 valence electrons. The highest BCUT2D eigenvalue weighted by molar-refractivity contribution is 6.33. The SMILES string of the molecule is CC(C(=O)OC(C)(C)C)n1cnn2cc(-c3nc(Cl)ncc3Cl)cc2c1=O.